The van der Waals surface area contributed by atoms with Gasteiger partial charge in [-0.15, -0.1) is 0 Å². The van der Waals surface area contributed by atoms with E-state index in [4.69, 9.17) is 9.47 Å². The number of benzene rings is 2. The molecule has 7 nitrogen and oxygen atoms in total. The third kappa shape index (κ3) is 5.70. The van der Waals surface area contributed by atoms with E-state index in [9.17, 15) is 9.59 Å². The Labute approximate surface area is 192 Å². The van der Waals surface area contributed by atoms with Gasteiger partial charge in [-0.1, -0.05) is 23.9 Å². The molecule has 0 saturated carbocycles. The summed E-state index contributed by atoms with van der Waals surface area (Å²) in [5.41, 5.74) is 2.12. The minimum absolute atomic E-state index is 0.131. The Hall–Kier alpha value is -2.81. The maximum atomic E-state index is 12.6. The highest BCUT2D eigenvalue weighted by Gasteiger charge is 2.22. The number of carbonyl (C=O) groups is 2. The van der Waals surface area contributed by atoms with Crippen LogP contribution < -0.4 is 15.4 Å². The normalized spacial score (nSPS) is 17.5. The van der Waals surface area contributed by atoms with Crippen LogP contribution in [0.3, 0.4) is 0 Å². The van der Waals surface area contributed by atoms with Gasteiger partial charge in [0.05, 0.1) is 30.9 Å². The molecule has 2 aliphatic heterocycles. The summed E-state index contributed by atoms with van der Waals surface area (Å²) < 4.78 is 10.5. The van der Waals surface area contributed by atoms with Crippen molar-refractivity contribution in [1.82, 2.24) is 10.2 Å². The van der Waals surface area contributed by atoms with Crippen molar-refractivity contribution in [3.63, 3.8) is 0 Å². The molecule has 0 atom stereocenters. The van der Waals surface area contributed by atoms with Crippen molar-refractivity contribution in [2.24, 2.45) is 0 Å². The molecule has 2 aromatic rings. The first-order chi connectivity index (χ1) is 15.6. The summed E-state index contributed by atoms with van der Waals surface area (Å²) >= 11 is 1.40. The Balaban J connectivity index is 1.34. The summed E-state index contributed by atoms with van der Waals surface area (Å²) in [6.45, 7) is 5.02. The van der Waals surface area contributed by atoms with Crippen LogP contribution in [0, 0.1) is 0 Å². The molecular weight excluding hydrogens is 426 g/mol. The molecule has 1 saturated heterocycles. The molecule has 2 heterocycles. The van der Waals surface area contributed by atoms with Crippen molar-refractivity contribution >= 4 is 35.3 Å². The standard InChI is InChI=1S/C24H27N3O4S/c1-30-19-6-3-17(4-7-19)15-22-24(29)26-20-16-18(5-8-21(20)32-22)23(28)25-9-2-10-27-11-13-31-14-12-27/h3-8,15-16H,2,9-14H2,1H3,(H,25,28)(H,26,29)/b22-15+. The van der Waals surface area contributed by atoms with Crippen LogP contribution >= 0.6 is 11.8 Å². The second-order valence-corrected chi connectivity index (χ2v) is 8.70. The van der Waals surface area contributed by atoms with E-state index in [0.717, 1.165) is 55.5 Å². The third-order valence-electron chi connectivity index (χ3n) is 5.39. The summed E-state index contributed by atoms with van der Waals surface area (Å²) in [5.74, 6) is 0.458. The number of amides is 2. The van der Waals surface area contributed by atoms with Gasteiger partial charge in [0.1, 0.15) is 5.75 Å². The van der Waals surface area contributed by atoms with Crippen LogP contribution in [-0.4, -0.2) is 63.2 Å². The number of nitrogens with one attached hydrogen (secondary N) is 2. The second kappa shape index (κ2) is 10.7. The number of nitrogens with zero attached hydrogens (tertiary/aromatic N) is 1. The number of fused-ring (bicyclic) bond motifs is 1. The van der Waals surface area contributed by atoms with E-state index in [1.807, 2.05) is 36.4 Å². The Morgan fingerprint density at radius 3 is 2.75 bits per heavy atom. The van der Waals surface area contributed by atoms with E-state index in [-0.39, 0.29) is 11.8 Å². The van der Waals surface area contributed by atoms with Gasteiger partial charge in [-0.3, -0.25) is 14.5 Å². The maximum Gasteiger partial charge on any atom is 0.262 e. The number of carbonyl (C=O) groups excluding carboxylic acids is 2. The van der Waals surface area contributed by atoms with Gasteiger partial charge in [-0.25, -0.2) is 0 Å². The number of methoxy groups -OCH3 is 1. The minimum atomic E-state index is -0.179. The second-order valence-electron chi connectivity index (χ2n) is 7.61. The van der Waals surface area contributed by atoms with E-state index < -0.39 is 0 Å². The fourth-order valence-electron chi connectivity index (χ4n) is 3.58. The first kappa shape index (κ1) is 22.4. The molecular formula is C24H27N3O4S. The maximum absolute atomic E-state index is 12.6. The number of morpholine rings is 1. The summed E-state index contributed by atoms with van der Waals surface area (Å²) in [7, 11) is 1.62. The van der Waals surface area contributed by atoms with Gasteiger partial charge in [0.25, 0.3) is 11.8 Å². The first-order valence-electron chi connectivity index (χ1n) is 10.7. The Bertz CT molecular complexity index is 1000. The van der Waals surface area contributed by atoms with Crippen LogP contribution in [-0.2, 0) is 9.53 Å². The SMILES string of the molecule is COc1ccc(/C=C2/Sc3ccc(C(=O)NCCCN4CCOCC4)cc3NC2=O)cc1. The molecule has 0 aromatic heterocycles. The average Bonchev–Trinajstić information content (AvgIpc) is 2.83. The van der Waals surface area contributed by atoms with E-state index >= 15 is 0 Å². The van der Waals surface area contributed by atoms with Crippen LogP contribution in [0.4, 0.5) is 5.69 Å². The third-order valence-corrected chi connectivity index (χ3v) is 6.49. The molecule has 0 aliphatic carbocycles. The molecule has 0 spiro atoms. The highest BCUT2D eigenvalue weighted by molar-refractivity contribution is 8.04. The van der Waals surface area contributed by atoms with Crippen LogP contribution in [0.5, 0.6) is 5.75 Å². The molecule has 2 aliphatic rings. The van der Waals surface area contributed by atoms with E-state index in [2.05, 4.69) is 15.5 Å². The Morgan fingerprint density at radius 1 is 1.22 bits per heavy atom. The van der Waals surface area contributed by atoms with Gasteiger partial charge in [-0.2, -0.15) is 0 Å². The van der Waals surface area contributed by atoms with Crippen LogP contribution in [0.15, 0.2) is 52.3 Å². The number of hydrogen-bond donors (Lipinski definition) is 2. The lowest BCUT2D eigenvalue weighted by Crippen LogP contribution is -2.38. The number of anilines is 1. The number of rotatable bonds is 7. The minimum Gasteiger partial charge on any atom is -0.497 e. The van der Waals surface area contributed by atoms with E-state index in [0.29, 0.717) is 22.7 Å². The predicted octanol–water partition coefficient (Wildman–Crippen LogP) is 3.23. The lowest BCUT2D eigenvalue weighted by molar-refractivity contribution is -0.112. The smallest absolute Gasteiger partial charge is 0.262 e. The molecule has 0 unspecified atom stereocenters. The molecule has 8 heteroatoms. The van der Waals surface area contributed by atoms with Crippen molar-refractivity contribution in [3.8, 4) is 5.75 Å². The van der Waals surface area contributed by atoms with Gasteiger partial charge in [0.15, 0.2) is 0 Å². The van der Waals surface area contributed by atoms with Crippen molar-refractivity contribution in [3.05, 3.63) is 58.5 Å². The molecule has 2 aromatic carbocycles. The van der Waals surface area contributed by atoms with Gasteiger partial charge in [-0.05, 0) is 54.9 Å². The highest BCUT2D eigenvalue weighted by atomic mass is 32.2. The van der Waals surface area contributed by atoms with Crippen LogP contribution in [0.25, 0.3) is 6.08 Å². The number of ether oxygens (including phenoxy) is 2. The Kier molecular flexibility index (Phi) is 7.47. The quantitative estimate of drug-likeness (QED) is 0.495. The number of hydrogen-bond acceptors (Lipinski definition) is 6. The average molecular weight is 454 g/mol. The fraction of sp³-hybridized carbons (Fsp3) is 0.333. The van der Waals surface area contributed by atoms with Gasteiger partial charge >= 0.3 is 0 Å². The van der Waals surface area contributed by atoms with Crippen LogP contribution in [0.2, 0.25) is 0 Å². The van der Waals surface area contributed by atoms with Crippen molar-refractivity contribution < 1.29 is 19.1 Å². The molecule has 168 valence electrons. The summed E-state index contributed by atoms with van der Waals surface area (Å²) in [6.07, 6.45) is 2.74. The fourth-order valence-corrected chi connectivity index (χ4v) is 4.52. The van der Waals surface area contributed by atoms with Crippen molar-refractivity contribution in [1.29, 1.82) is 0 Å². The largest absolute Gasteiger partial charge is 0.497 e. The summed E-state index contributed by atoms with van der Waals surface area (Å²) in [6, 6.07) is 12.9. The molecule has 4 rings (SSSR count). The Morgan fingerprint density at radius 2 is 2.00 bits per heavy atom. The van der Waals surface area contributed by atoms with Crippen LogP contribution in [0.1, 0.15) is 22.3 Å². The lowest BCUT2D eigenvalue weighted by atomic mass is 10.1. The van der Waals surface area contributed by atoms with Crippen molar-refractivity contribution in [2.45, 2.75) is 11.3 Å². The zero-order valence-electron chi connectivity index (χ0n) is 18.1. The molecule has 1 fully saturated rings. The molecule has 0 bridgehead atoms. The monoisotopic (exact) mass is 453 g/mol. The summed E-state index contributed by atoms with van der Waals surface area (Å²) in [5, 5.41) is 5.88. The van der Waals surface area contributed by atoms with Gasteiger partial charge in [0.2, 0.25) is 0 Å². The lowest BCUT2D eigenvalue weighted by Gasteiger charge is -2.26. The summed E-state index contributed by atoms with van der Waals surface area (Å²) in [4.78, 5) is 29.0. The molecule has 2 N–H and O–H groups in total. The zero-order valence-corrected chi connectivity index (χ0v) is 18.9. The van der Waals surface area contributed by atoms with Gasteiger partial charge in [0, 0.05) is 30.1 Å². The molecule has 0 radical (unpaired) electrons. The van der Waals surface area contributed by atoms with E-state index in [1.54, 1.807) is 19.2 Å². The zero-order chi connectivity index (χ0) is 22.3. The van der Waals surface area contributed by atoms with Crippen molar-refractivity contribution in [2.75, 3.05) is 51.8 Å². The number of thioether (sulfide) groups is 1. The molecule has 32 heavy (non-hydrogen) atoms. The highest BCUT2D eigenvalue weighted by Crippen LogP contribution is 2.39. The van der Waals surface area contributed by atoms with E-state index in [1.165, 1.54) is 11.8 Å². The molecule has 2 amide bonds. The predicted molar refractivity (Wildman–Crippen MR) is 126 cm³/mol. The first-order valence-corrected chi connectivity index (χ1v) is 11.5. The topological polar surface area (TPSA) is 79.9 Å². The van der Waals surface area contributed by atoms with Gasteiger partial charge < -0.3 is 20.1 Å².